The van der Waals surface area contributed by atoms with Gasteiger partial charge < -0.3 is 15.6 Å². The zero-order valence-corrected chi connectivity index (χ0v) is 12.3. The van der Waals surface area contributed by atoms with Gasteiger partial charge in [-0.3, -0.25) is 0 Å². The molecule has 2 rings (SSSR count). The van der Waals surface area contributed by atoms with Crippen molar-refractivity contribution in [3.05, 3.63) is 46.5 Å². The van der Waals surface area contributed by atoms with Gasteiger partial charge in [-0.1, -0.05) is 12.2 Å². The number of halogens is 1. The van der Waals surface area contributed by atoms with Crippen LogP contribution in [0, 0.1) is 0 Å². The lowest BCUT2D eigenvalue weighted by molar-refractivity contribution is 0.813. The fourth-order valence-corrected chi connectivity index (χ4v) is 2.47. The van der Waals surface area contributed by atoms with Crippen LogP contribution < -0.4 is 11.1 Å². The Balaban J connectivity index is 2.09. The first-order valence-corrected chi connectivity index (χ1v) is 6.57. The molecule has 0 fully saturated rings. The molecular weight excluding hydrogens is 312 g/mol. The molecule has 0 aliphatic heterocycles. The van der Waals surface area contributed by atoms with E-state index in [4.69, 9.17) is 18.0 Å². The van der Waals surface area contributed by atoms with Gasteiger partial charge in [0.1, 0.15) is 10.8 Å². The highest BCUT2D eigenvalue weighted by molar-refractivity contribution is 9.10. The molecule has 0 aliphatic rings. The van der Waals surface area contributed by atoms with Crippen LogP contribution in [0.25, 0.3) is 0 Å². The highest BCUT2D eigenvalue weighted by atomic mass is 79.9. The van der Waals surface area contributed by atoms with Gasteiger partial charge in [0, 0.05) is 35.2 Å². The Labute approximate surface area is 119 Å². The maximum absolute atomic E-state index is 5.60. The van der Waals surface area contributed by atoms with Crippen molar-refractivity contribution in [1.82, 2.24) is 9.55 Å². The fraction of sp³-hybridized carbons (Fsp3) is 0.167. The van der Waals surface area contributed by atoms with Gasteiger partial charge in [0.15, 0.2) is 0 Å². The van der Waals surface area contributed by atoms with Crippen molar-refractivity contribution >= 4 is 38.8 Å². The summed E-state index contributed by atoms with van der Waals surface area (Å²) in [6, 6.07) is 5.80. The number of aromatic nitrogens is 2. The lowest BCUT2D eigenvalue weighted by atomic mass is 10.2. The summed E-state index contributed by atoms with van der Waals surface area (Å²) in [6.45, 7) is 0.669. The number of rotatable bonds is 4. The minimum Gasteiger partial charge on any atom is -0.389 e. The van der Waals surface area contributed by atoms with Crippen molar-refractivity contribution in [3.8, 4) is 0 Å². The van der Waals surface area contributed by atoms with E-state index in [1.54, 1.807) is 6.20 Å². The Hall–Kier alpha value is -1.40. The molecule has 0 spiro atoms. The summed E-state index contributed by atoms with van der Waals surface area (Å²) in [5, 5.41) is 3.30. The van der Waals surface area contributed by atoms with Crippen LogP contribution >= 0.6 is 28.1 Å². The third-order valence-electron chi connectivity index (χ3n) is 2.61. The molecule has 1 aromatic carbocycles. The second-order valence-electron chi connectivity index (χ2n) is 3.87. The monoisotopic (exact) mass is 324 g/mol. The van der Waals surface area contributed by atoms with Crippen molar-refractivity contribution in [1.29, 1.82) is 0 Å². The number of thiocarbonyl (C=S) groups is 1. The van der Waals surface area contributed by atoms with Gasteiger partial charge in [-0.15, -0.1) is 0 Å². The summed E-state index contributed by atoms with van der Waals surface area (Å²) in [4.78, 5) is 4.63. The number of hydrogen-bond donors (Lipinski definition) is 2. The van der Waals surface area contributed by atoms with E-state index in [0.717, 1.165) is 21.5 Å². The molecule has 0 radical (unpaired) electrons. The van der Waals surface area contributed by atoms with Crippen molar-refractivity contribution in [2.45, 2.75) is 6.54 Å². The van der Waals surface area contributed by atoms with E-state index in [1.807, 2.05) is 36.0 Å². The zero-order chi connectivity index (χ0) is 13.1. The molecule has 0 amide bonds. The van der Waals surface area contributed by atoms with E-state index < -0.39 is 0 Å². The third kappa shape index (κ3) is 2.88. The van der Waals surface area contributed by atoms with Crippen LogP contribution in [0.15, 0.2) is 35.1 Å². The minimum absolute atomic E-state index is 0.387. The number of aryl methyl sites for hydroxylation is 1. The molecule has 0 saturated heterocycles. The molecule has 0 unspecified atom stereocenters. The van der Waals surface area contributed by atoms with Crippen molar-refractivity contribution < 1.29 is 0 Å². The average molecular weight is 325 g/mol. The molecule has 4 nitrogen and oxygen atoms in total. The largest absolute Gasteiger partial charge is 0.389 e. The summed E-state index contributed by atoms with van der Waals surface area (Å²) in [6.07, 6.45) is 3.70. The van der Waals surface area contributed by atoms with E-state index in [0.29, 0.717) is 11.5 Å². The van der Waals surface area contributed by atoms with Gasteiger partial charge in [-0.25, -0.2) is 4.98 Å². The lowest BCUT2D eigenvalue weighted by Crippen LogP contribution is -2.10. The van der Waals surface area contributed by atoms with Crippen LogP contribution in [0.4, 0.5) is 5.69 Å². The van der Waals surface area contributed by atoms with E-state index in [2.05, 4.69) is 26.2 Å². The molecule has 6 heteroatoms. The van der Waals surface area contributed by atoms with E-state index >= 15 is 0 Å². The number of anilines is 1. The quantitative estimate of drug-likeness (QED) is 0.848. The molecule has 0 atom stereocenters. The number of nitrogens with zero attached hydrogens (tertiary/aromatic N) is 2. The Bertz CT molecular complexity index is 579. The van der Waals surface area contributed by atoms with Crippen LogP contribution in [0.2, 0.25) is 0 Å². The number of benzene rings is 1. The molecule has 1 aromatic heterocycles. The second kappa shape index (κ2) is 5.49. The molecule has 0 saturated carbocycles. The summed E-state index contributed by atoms with van der Waals surface area (Å²) in [5.74, 6) is 0.976. The Morgan fingerprint density at radius 2 is 2.33 bits per heavy atom. The van der Waals surface area contributed by atoms with Crippen molar-refractivity contribution in [3.63, 3.8) is 0 Å². The van der Waals surface area contributed by atoms with Crippen LogP contribution in [-0.4, -0.2) is 14.5 Å². The molecule has 0 bridgehead atoms. The van der Waals surface area contributed by atoms with Crippen LogP contribution in [0.1, 0.15) is 11.4 Å². The van der Waals surface area contributed by atoms with E-state index in [-0.39, 0.29) is 0 Å². The highest BCUT2D eigenvalue weighted by Gasteiger charge is 2.04. The number of nitrogens with two attached hydrogens (primary N) is 1. The SMILES string of the molecule is Cn1ccnc1CNc1ccc(C(N)=S)c(Br)c1. The summed E-state index contributed by atoms with van der Waals surface area (Å²) in [5.41, 5.74) is 7.43. The summed E-state index contributed by atoms with van der Waals surface area (Å²) in [7, 11) is 1.97. The van der Waals surface area contributed by atoms with Crippen LogP contribution in [0.5, 0.6) is 0 Å². The predicted octanol–water partition coefficient (Wildman–Crippen LogP) is 2.43. The standard InChI is InChI=1S/C12H13BrN4S/c1-17-5-4-15-11(17)7-16-8-2-3-9(12(14)18)10(13)6-8/h2-6,16H,7H2,1H3,(H2,14,18). The molecule has 3 N–H and O–H groups in total. The van der Waals surface area contributed by atoms with Gasteiger partial charge in [0.05, 0.1) is 6.54 Å². The topological polar surface area (TPSA) is 55.9 Å². The average Bonchev–Trinajstić information content (AvgIpc) is 2.72. The normalized spacial score (nSPS) is 10.3. The number of imidazole rings is 1. The Kier molecular flexibility index (Phi) is 3.98. The predicted molar refractivity (Wildman–Crippen MR) is 80.6 cm³/mol. The first-order valence-electron chi connectivity index (χ1n) is 5.37. The smallest absolute Gasteiger partial charge is 0.127 e. The molecule has 2 aromatic rings. The zero-order valence-electron chi connectivity index (χ0n) is 9.85. The molecule has 1 heterocycles. The van der Waals surface area contributed by atoms with E-state index in [1.165, 1.54) is 0 Å². The van der Waals surface area contributed by atoms with Crippen LogP contribution in [0.3, 0.4) is 0 Å². The molecular formula is C12H13BrN4S. The fourth-order valence-electron chi connectivity index (χ4n) is 1.57. The van der Waals surface area contributed by atoms with Gasteiger partial charge in [-0.2, -0.15) is 0 Å². The maximum atomic E-state index is 5.60. The van der Waals surface area contributed by atoms with E-state index in [9.17, 15) is 0 Å². The summed E-state index contributed by atoms with van der Waals surface area (Å²) < 4.78 is 2.87. The molecule has 18 heavy (non-hydrogen) atoms. The Morgan fingerprint density at radius 3 is 2.89 bits per heavy atom. The van der Waals surface area contributed by atoms with Crippen molar-refractivity contribution in [2.24, 2.45) is 12.8 Å². The minimum atomic E-state index is 0.387. The van der Waals surface area contributed by atoms with Gasteiger partial charge in [0.2, 0.25) is 0 Å². The van der Waals surface area contributed by atoms with Crippen molar-refractivity contribution in [2.75, 3.05) is 5.32 Å². The summed E-state index contributed by atoms with van der Waals surface area (Å²) >= 11 is 8.41. The van der Waals surface area contributed by atoms with Gasteiger partial charge in [-0.05, 0) is 34.1 Å². The Morgan fingerprint density at radius 1 is 1.56 bits per heavy atom. The first kappa shape index (κ1) is 13.0. The van der Waals surface area contributed by atoms with Gasteiger partial charge in [0.25, 0.3) is 0 Å². The number of nitrogens with one attached hydrogen (secondary N) is 1. The number of hydrogen-bond acceptors (Lipinski definition) is 3. The van der Waals surface area contributed by atoms with Gasteiger partial charge >= 0.3 is 0 Å². The maximum Gasteiger partial charge on any atom is 0.127 e. The highest BCUT2D eigenvalue weighted by Crippen LogP contribution is 2.21. The third-order valence-corrected chi connectivity index (χ3v) is 3.48. The lowest BCUT2D eigenvalue weighted by Gasteiger charge is -2.09. The molecule has 0 aliphatic carbocycles. The van der Waals surface area contributed by atoms with Crippen LogP contribution in [-0.2, 0) is 13.6 Å². The second-order valence-corrected chi connectivity index (χ2v) is 5.16. The molecule has 94 valence electrons. The first-order chi connectivity index (χ1) is 8.58.